The quantitative estimate of drug-likeness (QED) is 0.906. The predicted molar refractivity (Wildman–Crippen MR) is 80.9 cm³/mol. The molecule has 0 aliphatic carbocycles. The van der Waals surface area contributed by atoms with Crippen LogP contribution in [-0.2, 0) is 0 Å². The fourth-order valence-electron chi connectivity index (χ4n) is 3.25. The monoisotopic (exact) mass is 262 g/mol. The lowest BCUT2D eigenvalue weighted by Crippen LogP contribution is -2.38. The average Bonchev–Trinajstić information content (AvgIpc) is 2.64. The molecule has 3 heteroatoms. The minimum Gasteiger partial charge on any atom is -0.495 e. The standard InChI is InChI=1S/C16H26N2O/c1-12-5-6-15(19-4)14(9-12)18-11-13(7-8-17)10-16(18,2)3/h5-6,9,13H,7-8,10-11,17H2,1-4H3. The van der Waals surface area contributed by atoms with E-state index in [2.05, 4.69) is 43.9 Å². The number of anilines is 1. The van der Waals surface area contributed by atoms with E-state index in [1.165, 1.54) is 17.7 Å². The molecule has 1 aliphatic heterocycles. The van der Waals surface area contributed by atoms with Gasteiger partial charge in [-0.3, -0.25) is 0 Å². The minimum atomic E-state index is 0.168. The van der Waals surface area contributed by atoms with Gasteiger partial charge in [0, 0.05) is 12.1 Å². The van der Waals surface area contributed by atoms with Crippen molar-refractivity contribution >= 4 is 5.69 Å². The van der Waals surface area contributed by atoms with Gasteiger partial charge in [-0.1, -0.05) is 6.07 Å². The number of benzene rings is 1. The summed E-state index contributed by atoms with van der Waals surface area (Å²) in [6.07, 6.45) is 2.30. The Labute approximate surface area is 116 Å². The maximum atomic E-state index is 5.72. The van der Waals surface area contributed by atoms with Gasteiger partial charge < -0.3 is 15.4 Å². The van der Waals surface area contributed by atoms with Crippen LogP contribution in [-0.4, -0.2) is 25.7 Å². The Hall–Kier alpha value is -1.22. The van der Waals surface area contributed by atoms with E-state index in [1.54, 1.807) is 7.11 Å². The molecule has 0 aromatic heterocycles. The van der Waals surface area contributed by atoms with Gasteiger partial charge in [0.1, 0.15) is 5.75 Å². The van der Waals surface area contributed by atoms with Crippen molar-refractivity contribution in [3.8, 4) is 5.75 Å². The van der Waals surface area contributed by atoms with Crippen molar-refractivity contribution in [2.24, 2.45) is 11.7 Å². The van der Waals surface area contributed by atoms with E-state index in [9.17, 15) is 0 Å². The molecule has 0 radical (unpaired) electrons. The molecule has 3 nitrogen and oxygen atoms in total. The van der Waals surface area contributed by atoms with Gasteiger partial charge in [0.2, 0.25) is 0 Å². The summed E-state index contributed by atoms with van der Waals surface area (Å²) in [5.41, 5.74) is 8.37. The molecule has 1 aromatic carbocycles. The minimum absolute atomic E-state index is 0.168. The number of ether oxygens (including phenoxy) is 1. The van der Waals surface area contributed by atoms with Gasteiger partial charge in [0.25, 0.3) is 0 Å². The van der Waals surface area contributed by atoms with Crippen LogP contribution >= 0.6 is 0 Å². The van der Waals surface area contributed by atoms with E-state index >= 15 is 0 Å². The van der Waals surface area contributed by atoms with Gasteiger partial charge >= 0.3 is 0 Å². The van der Waals surface area contributed by atoms with Crippen LogP contribution in [0.5, 0.6) is 5.75 Å². The topological polar surface area (TPSA) is 38.5 Å². The molecule has 2 rings (SSSR count). The Balaban J connectivity index is 2.32. The molecule has 0 saturated carbocycles. The second-order valence-electron chi connectivity index (χ2n) is 6.25. The summed E-state index contributed by atoms with van der Waals surface area (Å²) in [6, 6.07) is 6.39. The van der Waals surface area contributed by atoms with Crippen LogP contribution in [0.15, 0.2) is 18.2 Å². The van der Waals surface area contributed by atoms with Crippen LogP contribution in [0.1, 0.15) is 32.3 Å². The SMILES string of the molecule is COc1ccc(C)cc1N1CC(CCN)CC1(C)C. The van der Waals surface area contributed by atoms with Crippen molar-refractivity contribution in [1.29, 1.82) is 0 Å². The first-order valence-corrected chi connectivity index (χ1v) is 7.10. The van der Waals surface area contributed by atoms with Crippen molar-refractivity contribution in [2.75, 3.05) is 25.1 Å². The number of methoxy groups -OCH3 is 1. The maximum Gasteiger partial charge on any atom is 0.142 e. The number of rotatable bonds is 4. The first kappa shape index (κ1) is 14.2. The van der Waals surface area contributed by atoms with Crippen LogP contribution in [0.2, 0.25) is 0 Å². The highest BCUT2D eigenvalue weighted by molar-refractivity contribution is 5.62. The molecule has 1 saturated heterocycles. The molecule has 0 bridgehead atoms. The Morgan fingerprint density at radius 2 is 2.16 bits per heavy atom. The lowest BCUT2D eigenvalue weighted by Gasteiger charge is -2.34. The molecule has 19 heavy (non-hydrogen) atoms. The molecule has 1 atom stereocenters. The number of nitrogens with zero attached hydrogens (tertiary/aromatic N) is 1. The number of hydrogen-bond acceptors (Lipinski definition) is 3. The van der Waals surface area contributed by atoms with E-state index in [1.807, 2.05) is 0 Å². The third-order valence-electron chi connectivity index (χ3n) is 4.16. The zero-order valence-corrected chi connectivity index (χ0v) is 12.6. The van der Waals surface area contributed by atoms with Crippen LogP contribution in [0.4, 0.5) is 5.69 Å². The normalized spacial score (nSPS) is 21.7. The molecule has 0 spiro atoms. The average molecular weight is 262 g/mol. The highest BCUT2D eigenvalue weighted by atomic mass is 16.5. The lowest BCUT2D eigenvalue weighted by molar-refractivity contribution is 0.409. The number of aryl methyl sites for hydroxylation is 1. The van der Waals surface area contributed by atoms with E-state index in [4.69, 9.17) is 10.5 Å². The summed E-state index contributed by atoms with van der Waals surface area (Å²) in [5.74, 6) is 1.65. The summed E-state index contributed by atoms with van der Waals surface area (Å²) in [5, 5.41) is 0. The van der Waals surface area contributed by atoms with Crippen molar-refractivity contribution in [3.63, 3.8) is 0 Å². The van der Waals surface area contributed by atoms with Gasteiger partial charge in [-0.15, -0.1) is 0 Å². The van der Waals surface area contributed by atoms with Gasteiger partial charge in [-0.05, 0) is 63.8 Å². The molecule has 1 fully saturated rings. The van der Waals surface area contributed by atoms with E-state index < -0.39 is 0 Å². The molecular formula is C16H26N2O. The summed E-state index contributed by atoms with van der Waals surface area (Å²) in [6.45, 7) is 8.60. The molecule has 0 amide bonds. The molecule has 1 aliphatic rings. The summed E-state index contributed by atoms with van der Waals surface area (Å²) in [7, 11) is 1.74. The summed E-state index contributed by atoms with van der Waals surface area (Å²) in [4.78, 5) is 2.49. The second-order valence-corrected chi connectivity index (χ2v) is 6.25. The summed E-state index contributed by atoms with van der Waals surface area (Å²) < 4.78 is 5.53. The zero-order valence-electron chi connectivity index (χ0n) is 12.6. The Kier molecular flexibility index (Phi) is 4.04. The van der Waals surface area contributed by atoms with Crippen molar-refractivity contribution in [3.05, 3.63) is 23.8 Å². The fourth-order valence-corrected chi connectivity index (χ4v) is 3.25. The third kappa shape index (κ3) is 2.86. The van der Waals surface area contributed by atoms with Crippen LogP contribution < -0.4 is 15.4 Å². The molecular weight excluding hydrogens is 236 g/mol. The van der Waals surface area contributed by atoms with Gasteiger partial charge in [0.05, 0.1) is 12.8 Å². The van der Waals surface area contributed by atoms with Gasteiger partial charge in [-0.25, -0.2) is 0 Å². The van der Waals surface area contributed by atoms with Gasteiger partial charge in [0.15, 0.2) is 0 Å². The van der Waals surface area contributed by atoms with Crippen LogP contribution in [0.3, 0.4) is 0 Å². The predicted octanol–water partition coefficient (Wildman–Crippen LogP) is 2.96. The smallest absolute Gasteiger partial charge is 0.142 e. The van der Waals surface area contributed by atoms with Crippen molar-refractivity contribution in [1.82, 2.24) is 0 Å². The first-order valence-electron chi connectivity index (χ1n) is 7.10. The van der Waals surface area contributed by atoms with E-state index in [-0.39, 0.29) is 5.54 Å². The van der Waals surface area contributed by atoms with E-state index in [0.29, 0.717) is 5.92 Å². The zero-order chi connectivity index (χ0) is 14.0. The molecule has 106 valence electrons. The molecule has 1 unspecified atom stereocenters. The lowest BCUT2D eigenvalue weighted by atomic mass is 9.94. The number of nitrogens with two attached hydrogens (primary N) is 1. The van der Waals surface area contributed by atoms with Crippen molar-refractivity contribution < 1.29 is 4.74 Å². The van der Waals surface area contributed by atoms with Crippen LogP contribution in [0.25, 0.3) is 0 Å². The molecule has 1 aromatic rings. The first-order chi connectivity index (χ1) is 8.97. The van der Waals surface area contributed by atoms with Crippen molar-refractivity contribution in [2.45, 2.75) is 39.2 Å². The highest BCUT2D eigenvalue weighted by Crippen LogP contribution is 2.42. The fraction of sp³-hybridized carbons (Fsp3) is 0.625. The summed E-state index contributed by atoms with van der Waals surface area (Å²) >= 11 is 0. The largest absolute Gasteiger partial charge is 0.495 e. The van der Waals surface area contributed by atoms with Gasteiger partial charge in [-0.2, -0.15) is 0 Å². The Morgan fingerprint density at radius 3 is 2.79 bits per heavy atom. The molecule has 1 heterocycles. The Morgan fingerprint density at radius 1 is 1.42 bits per heavy atom. The number of hydrogen-bond donors (Lipinski definition) is 1. The molecule has 2 N–H and O–H groups in total. The Bertz CT molecular complexity index is 442. The third-order valence-corrected chi connectivity index (χ3v) is 4.16. The van der Waals surface area contributed by atoms with Crippen LogP contribution in [0, 0.1) is 12.8 Å². The second kappa shape index (κ2) is 5.41. The van der Waals surface area contributed by atoms with E-state index in [0.717, 1.165) is 25.3 Å². The highest BCUT2D eigenvalue weighted by Gasteiger charge is 2.38. The maximum absolute atomic E-state index is 5.72.